The summed E-state index contributed by atoms with van der Waals surface area (Å²) in [5.41, 5.74) is 9.58. The minimum atomic E-state index is -0.206. The van der Waals surface area contributed by atoms with Crippen molar-refractivity contribution in [2.24, 2.45) is 0 Å². The predicted molar refractivity (Wildman–Crippen MR) is 79.7 cm³/mol. The molecule has 2 nitrogen and oxygen atoms in total. The number of rotatable bonds is 2. The van der Waals surface area contributed by atoms with Gasteiger partial charge in [0.15, 0.2) is 0 Å². The summed E-state index contributed by atoms with van der Waals surface area (Å²) >= 11 is 0. The second kappa shape index (κ2) is 5.63. The number of halogens is 1. The highest BCUT2D eigenvalue weighted by Gasteiger charge is 2.15. The van der Waals surface area contributed by atoms with Crippen molar-refractivity contribution < 1.29 is 4.39 Å². The molecular weight excluding hydrogens is 251 g/mol. The molecule has 0 amide bonds. The Morgan fingerprint density at radius 1 is 1.10 bits per heavy atom. The maximum absolute atomic E-state index is 13.9. The van der Waals surface area contributed by atoms with Crippen LogP contribution < -0.4 is 5.73 Å². The molecule has 1 aliphatic heterocycles. The Kier molecular flexibility index (Phi) is 3.70. The van der Waals surface area contributed by atoms with Gasteiger partial charge in [-0.15, -0.1) is 0 Å². The van der Waals surface area contributed by atoms with E-state index in [-0.39, 0.29) is 5.82 Å². The maximum atomic E-state index is 13.9. The van der Waals surface area contributed by atoms with Crippen LogP contribution in [0.3, 0.4) is 0 Å². The number of nitrogens with zero attached hydrogens (tertiary/aromatic N) is 1. The summed E-state index contributed by atoms with van der Waals surface area (Å²) in [5.74, 6) is -0.206. The molecule has 0 radical (unpaired) electrons. The molecule has 0 bridgehead atoms. The number of hydrogen-bond donors (Lipinski definition) is 1. The van der Waals surface area contributed by atoms with Crippen molar-refractivity contribution in [3.63, 3.8) is 0 Å². The zero-order valence-corrected chi connectivity index (χ0v) is 11.5. The van der Waals surface area contributed by atoms with E-state index in [0.29, 0.717) is 12.2 Å². The highest BCUT2D eigenvalue weighted by Crippen LogP contribution is 2.21. The fraction of sp³-hybridized carbons (Fsp3) is 0.294. The Bertz CT molecular complexity index is 610. The average molecular weight is 270 g/mol. The first-order chi connectivity index (χ1) is 9.72. The number of nitrogens with two attached hydrogens (primary N) is 1. The van der Waals surface area contributed by atoms with Crippen LogP contribution in [-0.2, 0) is 19.5 Å². The standard InChI is InChI=1S/C17H19FN2/c18-17-10-16(19)8-7-15(17)12-20-9-3-6-13-4-1-2-5-14(13)11-20/h1-2,4-5,7-8,10H,3,6,9,11-12,19H2. The summed E-state index contributed by atoms with van der Waals surface area (Å²) in [5, 5.41) is 0. The molecule has 2 N–H and O–H groups in total. The molecule has 3 rings (SSSR count). The largest absolute Gasteiger partial charge is 0.399 e. The van der Waals surface area contributed by atoms with Gasteiger partial charge in [-0.3, -0.25) is 4.90 Å². The topological polar surface area (TPSA) is 29.3 Å². The van der Waals surface area contributed by atoms with Crippen molar-refractivity contribution in [2.75, 3.05) is 12.3 Å². The fourth-order valence-corrected chi connectivity index (χ4v) is 2.84. The van der Waals surface area contributed by atoms with Gasteiger partial charge in [0, 0.05) is 24.3 Å². The number of aryl methyl sites for hydroxylation is 1. The molecule has 20 heavy (non-hydrogen) atoms. The van der Waals surface area contributed by atoms with E-state index in [1.807, 2.05) is 0 Å². The van der Waals surface area contributed by atoms with Crippen molar-refractivity contribution in [2.45, 2.75) is 25.9 Å². The summed E-state index contributed by atoms with van der Waals surface area (Å²) < 4.78 is 13.9. The third kappa shape index (κ3) is 2.83. The fourth-order valence-electron chi connectivity index (χ4n) is 2.84. The lowest BCUT2D eigenvalue weighted by Crippen LogP contribution is -2.23. The molecule has 0 atom stereocenters. The Morgan fingerprint density at radius 2 is 1.90 bits per heavy atom. The molecule has 0 saturated heterocycles. The smallest absolute Gasteiger partial charge is 0.129 e. The van der Waals surface area contributed by atoms with Crippen molar-refractivity contribution in [1.29, 1.82) is 0 Å². The van der Waals surface area contributed by atoms with E-state index in [4.69, 9.17) is 5.73 Å². The molecule has 2 aromatic rings. The summed E-state index contributed by atoms with van der Waals surface area (Å²) in [6.07, 6.45) is 2.23. The van der Waals surface area contributed by atoms with Crippen molar-refractivity contribution in [3.05, 3.63) is 65.0 Å². The molecular formula is C17H19FN2. The molecule has 0 saturated carbocycles. The van der Waals surface area contributed by atoms with Crippen LogP contribution in [0.5, 0.6) is 0 Å². The summed E-state index contributed by atoms with van der Waals surface area (Å²) in [6.45, 7) is 2.53. The minimum absolute atomic E-state index is 0.206. The molecule has 0 aliphatic carbocycles. The van der Waals surface area contributed by atoms with Crippen LogP contribution >= 0.6 is 0 Å². The first-order valence-corrected chi connectivity index (χ1v) is 7.05. The van der Waals surface area contributed by atoms with Crippen LogP contribution in [-0.4, -0.2) is 11.4 Å². The van der Waals surface area contributed by atoms with Crippen LogP contribution in [0.4, 0.5) is 10.1 Å². The van der Waals surface area contributed by atoms with E-state index < -0.39 is 0 Å². The normalized spacial score (nSPS) is 15.7. The number of hydrogen-bond acceptors (Lipinski definition) is 2. The second-order valence-corrected chi connectivity index (χ2v) is 5.43. The minimum Gasteiger partial charge on any atom is -0.399 e. The molecule has 0 fully saturated rings. The summed E-state index contributed by atoms with van der Waals surface area (Å²) in [7, 11) is 0. The van der Waals surface area contributed by atoms with Gasteiger partial charge in [-0.25, -0.2) is 4.39 Å². The van der Waals surface area contributed by atoms with Crippen LogP contribution in [0.2, 0.25) is 0 Å². The van der Waals surface area contributed by atoms with Crippen molar-refractivity contribution >= 4 is 5.69 Å². The zero-order valence-electron chi connectivity index (χ0n) is 11.5. The zero-order chi connectivity index (χ0) is 13.9. The van der Waals surface area contributed by atoms with Crippen molar-refractivity contribution in [1.82, 2.24) is 4.90 Å². The van der Waals surface area contributed by atoms with Gasteiger partial charge in [0.25, 0.3) is 0 Å². The van der Waals surface area contributed by atoms with Gasteiger partial charge < -0.3 is 5.73 Å². The first kappa shape index (κ1) is 13.1. The number of anilines is 1. The molecule has 1 aliphatic rings. The highest BCUT2D eigenvalue weighted by molar-refractivity contribution is 5.40. The number of nitrogen functional groups attached to an aromatic ring is 1. The van der Waals surface area contributed by atoms with Gasteiger partial charge in [-0.2, -0.15) is 0 Å². The lowest BCUT2D eigenvalue weighted by atomic mass is 10.0. The Hall–Kier alpha value is -1.87. The highest BCUT2D eigenvalue weighted by atomic mass is 19.1. The maximum Gasteiger partial charge on any atom is 0.129 e. The SMILES string of the molecule is Nc1ccc(CN2CCCc3ccccc3C2)c(F)c1. The number of fused-ring (bicyclic) bond motifs is 1. The lowest BCUT2D eigenvalue weighted by molar-refractivity contribution is 0.257. The van der Waals surface area contributed by atoms with Gasteiger partial charge in [0.1, 0.15) is 5.82 Å². The monoisotopic (exact) mass is 270 g/mol. The van der Waals surface area contributed by atoms with Crippen LogP contribution in [0, 0.1) is 5.82 Å². The third-order valence-electron chi connectivity index (χ3n) is 3.90. The van der Waals surface area contributed by atoms with Crippen molar-refractivity contribution in [3.8, 4) is 0 Å². The Morgan fingerprint density at radius 3 is 2.70 bits per heavy atom. The molecule has 0 spiro atoms. The van der Waals surface area contributed by atoms with E-state index in [1.54, 1.807) is 12.1 Å². The van der Waals surface area contributed by atoms with Gasteiger partial charge in [0.05, 0.1) is 0 Å². The van der Waals surface area contributed by atoms with E-state index in [2.05, 4.69) is 29.2 Å². The summed E-state index contributed by atoms with van der Waals surface area (Å²) in [6, 6.07) is 13.5. The molecule has 3 heteroatoms. The number of benzene rings is 2. The predicted octanol–water partition coefficient (Wildman–Crippen LogP) is 3.36. The molecule has 1 heterocycles. The van der Waals surface area contributed by atoms with Crippen LogP contribution in [0.1, 0.15) is 23.1 Å². The van der Waals surface area contributed by atoms with E-state index in [0.717, 1.165) is 31.5 Å². The molecule has 104 valence electrons. The lowest BCUT2D eigenvalue weighted by Gasteiger charge is -2.21. The Balaban J connectivity index is 1.78. The quantitative estimate of drug-likeness (QED) is 0.848. The Labute approximate surface area is 119 Å². The second-order valence-electron chi connectivity index (χ2n) is 5.43. The molecule has 2 aromatic carbocycles. The van der Waals surface area contributed by atoms with Gasteiger partial charge in [0.2, 0.25) is 0 Å². The summed E-state index contributed by atoms with van der Waals surface area (Å²) in [4.78, 5) is 2.31. The van der Waals surface area contributed by atoms with Crippen LogP contribution in [0.15, 0.2) is 42.5 Å². The van der Waals surface area contributed by atoms with Gasteiger partial charge in [-0.05, 0) is 42.6 Å². The average Bonchev–Trinajstić information content (AvgIpc) is 2.63. The van der Waals surface area contributed by atoms with E-state index in [1.165, 1.54) is 17.2 Å². The van der Waals surface area contributed by atoms with Crippen LogP contribution in [0.25, 0.3) is 0 Å². The van der Waals surface area contributed by atoms with Gasteiger partial charge >= 0.3 is 0 Å². The van der Waals surface area contributed by atoms with Gasteiger partial charge in [-0.1, -0.05) is 30.3 Å². The first-order valence-electron chi connectivity index (χ1n) is 7.05. The van der Waals surface area contributed by atoms with E-state index >= 15 is 0 Å². The molecule has 0 unspecified atom stereocenters. The molecule has 0 aromatic heterocycles. The third-order valence-corrected chi connectivity index (χ3v) is 3.90. The van der Waals surface area contributed by atoms with E-state index in [9.17, 15) is 4.39 Å².